The van der Waals surface area contributed by atoms with Crippen LogP contribution in [0.1, 0.15) is 17.5 Å². The lowest BCUT2D eigenvalue weighted by atomic mass is 10.1. The Labute approximate surface area is 85.5 Å². The minimum Gasteiger partial charge on any atom is -0.391 e. The fraction of sp³-hybridized carbons (Fsp3) is 0.182. The van der Waals surface area contributed by atoms with E-state index in [4.69, 9.17) is 5.11 Å². The molecule has 0 radical (unpaired) electrons. The zero-order valence-corrected chi connectivity index (χ0v) is 7.76. The van der Waals surface area contributed by atoms with Gasteiger partial charge in [0.1, 0.15) is 17.9 Å². The molecule has 15 heavy (non-hydrogen) atoms. The van der Waals surface area contributed by atoms with Crippen LogP contribution in [0.5, 0.6) is 0 Å². The zero-order chi connectivity index (χ0) is 11.3. The molecule has 4 heteroatoms. The minimum atomic E-state index is -0.840. The average molecular weight is 210 g/mol. The third-order valence-electron chi connectivity index (χ3n) is 1.72. The standard InChI is InChI=1S/C11H8F2O2/c12-10-5-8(3-1-2-4-14)6-11(13)9(10)7-15/h4-6,15H,2,7H2. The van der Waals surface area contributed by atoms with Crippen molar-refractivity contribution in [3.05, 3.63) is 34.9 Å². The fourth-order valence-corrected chi connectivity index (χ4v) is 1.02. The summed E-state index contributed by atoms with van der Waals surface area (Å²) in [5.41, 5.74) is -0.236. The number of aliphatic hydroxyl groups is 1. The first-order valence-electron chi connectivity index (χ1n) is 4.20. The van der Waals surface area contributed by atoms with Crippen LogP contribution in [0.2, 0.25) is 0 Å². The summed E-state index contributed by atoms with van der Waals surface area (Å²) in [4.78, 5) is 9.95. The summed E-state index contributed by atoms with van der Waals surface area (Å²) in [7, 11) is 0. The molecule has 0 atom stereocenters. The maximum atomic E-state index is 13.1. The van der Waals surface area contributed by atoms with Crippen molar-refractivity contribution in [2.24, 2.45) is 0 Å². The molecule has 0 unspecified atom stereocenters. The lowest BCUT2D eigenvalue weighted by molar-refractivity contribution is -0.107. The summed E-state index contributed by atoms with van der Waals surface area (Å²) < 4.78 is 26.2. The van der Waals surface area contributed by atoms with Gasteiger partial charge in [0.15, 0.2) is 0 Å². The second-order valence-corrected chi connectivity index (χ2v) is 2.75. The van der Waals surface area contributed by atoms with Crippen molar-refractivity contribution >= 4 is 6.29 Å². The quantitative estimate of drug-likeness (QED) is 0.591. The molecular weight excluding hydrogens is 202 g/mol. The normalized spacial score (nSPS) is 9.27. The van der Waals surface area contributed by atoms with E-state index in [9.17, 15) is 13.6 Å². The fourth-order valence-electron chi connectivity index (χ4n) is 1.02. The molecule has 0 heterocycles. The lowest BCUT2D eigenvalue weighted by Crippen LogP contribution is -1.96. The Morgan fingerprint density at radius 2 is 1.93 bits per heavy atom. The largest absolute Gasteiger partial charge is 0.391 e. The summed E-state index contributed by atoms with van der Waals surface area (Å²) in [5.74, 6) is 3.19. The highest BCUT2D eigenvalue weighted by molar-refractivity contribution is 5.55. The Morgan fingerprint density at radius 1 is 1.33 bits per heavy atom. The van der Waals surface area contributed by atoms with Crippen molar-refractivity contribution in [1.29, 1.82) is 0 Å². The van der Waals surface area contributed by atoms with Gasteiger partial charge < -0.3 is 9.90 Å². The molecule has 1 aromatic carbocycles. The lowest BCUT2D eigenvalue weighted by Gasteiger charge is -2.01. The Bertz CT molecular complexity index is 407. The van der Waals surface area contributed by atoms with Gasteiger partial charge in [-0.05, 0) is 12.1 Å². The molecular formula is C11H8F2O2. The SMILES string of the molecule is O=CCC#Cc1cc(F)c(CO)c(F)c1. The highest BCUT2D eigenvalue weighted by Crippen LogP contribution is 2.14. The summed E-state index contributed by atoms with van der Waals surface area (Å²) >= 11 is 0. The van der Waals surface area contributed by atoms with E-state index in [1.807, 2.05) is 0 Å². The molecule has 0 aliphatic rings. The highest BCUT2D eigenvalue weighted by atomic mass is 19.1. The number of aliphatic hydroxyl groups excluding tert-OH is 1. The third kappa shape index (κ3) is 2.86. The molecule has 0 aliphatic heterocycles. The van der Waals surface area contributed by atoms with Crippen molar-refractivity contribution < 1.29 is 18.7 Å². The predicted octanol–water partition coefficient (Wildman–Crippen LogP) is 1.40. The molecule has 0 spiro atoms. The number of benzene rings is 1. The molecule has 0 aliphatic carbocycles. The Kier molecular flexibility index (Phi) is 3.95. The molecule has 0 bridgehead atoms. The van der Waals surface area contributed by atoms with Gasteiger partial charge in [0.25, 0.3) is 0 Å². The monoisotopic (exact) mass is 210 g/mol. The zero-order valence-electron chi connectivity index (χ0n) is 7.76. The molecule has 0 saturated heterocycles. The molecule has 0 fully saturated rings. The van der Waals surface area contributed by atoms with E-state index in [1.165, 1.54) is 0 Å². The number of rotatable bonds is 2. The second-order valence-electron chi connectivity index (χ2n) is 2.75. The van der Waals surface area contributed by atoms with Crippen molar-refractivity contribution in [1.82, 2.24) is 0 Å². The molecule has 1 rings (SSSR count). The Morgan fingerprint density at radius 3 is 2.40 bits per heavy atom. The van der Waals surface area contributed by atoms with Crippen LogP contribution >= 0.6 is 0 Å². The van der Waals surface area contributed by atoms with E-state index in [0.29, 0.717) is 6.29 Å². The van der Waals surface area contributed by atoms with Gasteiger partial charge in [-0.1, -0.05) is 11.8 Å². The number of hydrogen-bond donors (Lipinski definition) is 1. The van der Waals surface area contributed by atoms with Gasteiger partial charge in [-0.2, -0.15) is 0 Å². The van der Waals surface area contributed by atoms with Gasteiger partial charge >= 0.3 is 0 Å². The molecule has 1 aromatic rings. The van der Waals surface area contributed by atoms with E-state index in [-0.39, 0.29) is 17.5 Å². The summed E-state index contributed by atoms with van der Waals surface area (Å²) in [6.45, 7) is -0.695. The number of carbonyl (C=O) groups excluding carboxylic acids is 1. The van der Waals surface area contributed by atoms with Crippen LogP contribution < -0.4 is 0 Å². The van der Waals surface area contributed by atoms with Crippen LogP contribution in [0.25, 0.3) is 0 Å². The smallest absolute Gasteiger partial charge is 0.132 e. The molecule has 0 saturated carbocycles. The number of carbonyl (C=O) groups is 1. The van der Waals surface area contributed by atoms with Crippen LogP contribution in [0.4, 0.5) is 8.78 Å². The minimum absolute atomic E-state index is 0.0188. The van der Waals surface area contributed by atoms with Crippen LogP contribution in [0, 0.1) is 23.5 Å². The van der Waals surface area contributed by atoms with Gasteiger partial charge in [-0.25, -0.2) is 8.78 Å². The number of halogens is 2. The Hall–Kier alpha value is -1.73. The second kappa shape index (κ2) is 5.23. The third-order valence-corrected chi connectivity index (χ3v) is 1.72. The van der Waals surface area contributed by atoms with E-state index >= 15 is 0 Å². The maximum Gasteiger partial charge on any atom is 0.132 e. The summed E-state index contributed by atoms with van der Waals surface area (Å²) in [5, 5.41) is 8.64. The highest BCUT2D eigenvalue weighted by Gasteiger charge is 2.08. The van der Waals surface area contributed by atoms with Gasteiger partial charge in [0.05, 0.1) is 13.0 Å². The van der Waals surface area contributed by atoms with Crippen molar-refractivity contribution in [2.45, 2.75) is 13.0 Å². The van der Waals surface area contributed by atoms with E-state index in [1.54, 1.807) is 0 Å². The summed E-state index contributed by atoms with van der Waals surface area (Å²) in [6.07, 6.45) is 0.618. The van der Waals surface area contributed by atoms with E-state index in [0.717, 1.165) is 12.1 Å². The first kappa shape index (κ1) is 11.3. The van der Waals surface area contributed by atoms with Crippen molar-refractivity contribution in [3.63, 3.8) is 0 Å². The first-order chi connectivity index (χ1) is 7.19. The topological polar surface area (TPSA) is 37.3 Å². The first-order valence-corrected chi connectivity index (χ1v) is 4.20. The van der Waals surface area contributed by atoms with E-state index < -0.39 is 18.2 Å². The molecule has 78 valence electrons. The van der Waals surface area contributed by atoms with E-state index in [2.05, 4.69) is 11.8 Å². The molecule has 1 N–H and O–H groups in total. The predicted molar refractivity (Wildman–Crippen MR) is 49.8 cm³/mol. The Balaban J connectivity index is 3.05. The van der Waals surface area contributed by atoms with Crippen LogP contribution in [0.15, 0.2) is 12.1 Å². The van der Waals surface area contributed by atoms with Gasteiger partial charge in [-0.3, -0.25) is 0 Å². The number of hydrogen-bond acceptors (Lipinski definition) is 2. The van der Waals surface area contributed by atoms with Crippen LogP contribution in [0.3, 0.4) is 0 Å². The average Bonchev–Trinajstić information content (AvgIpc) is 2.18. The molecule has 0 aromatic heterocycles. The maximum absolute atomic E-state index is 13.1. The molecule has 0 amide bonds. The van der Waals surface area contributed by atoms with Gasteiger partial charge in [0.2, 0.25) is 0 Å². The van der Waals surface area contributed by atoms with Gasteiger partial charge in [-0.15, -0.1) is 0 Å². The van der Waals surface area contributed by atoms with Crippen molar-refractivity contribution in [2.75, 3.05) is 0 Å². The van der Waals surface area contributed by atoms with Crippen molar-refractivity contribution in [3.8, 4) is 11.8 Å². The molecule has 2 nitrogen and oxygen atoms in total. The summed E-state index contributed by atoms with van der Waals surface area (Å²) in [6, 6.07) is 2.04. The number of aldehydes is 1. The van der Waals surface area contributed by atoms with Crippen LogP contribution in [-0.4, -0.2) is 11.4 Å². The van der Waals surface area contributed by atoms with Gasteiger partial charge in [0, 0.05) is 11.1 Å². The van der Waals surface area contributed by atoms with Crippen LogP contribution in [-0.2, 0) is 11.4 Å².